The predicted molar refractivity (Wildman–Crippen MR) is 147 cm³/mol. The molecule has 0 radical (unpaired) electrons. The van der Waals surface area contributed by atoms with Crippen molar-refractivity contribution in [2.45, 2.75) is 45.6 Å². The Morgan fingerprint density at radius 1 is 0.973 bits per heavy atom. The van der Waals surface area contributed by atoms with E-state index in [1.54, 1.807) is 17.3 Å². The summed E-state index contributed by atoms with van der Waals surface area (Å²) in [6, 6.07) is 5.83. The zero-order chi connectivity index (χ0) is 26.6. The summed E-state index contributed by atoms with van der Waals surface area (Å²) in [4.78, 5) is 21.7. The highest BCUT2D eigenvalue weighted by Gasteiger charge is 2.41. The molecule has 1 atom stereocenters. The molecule has 0 bridgehead atoms. The second-order valence-electron chi connectivity index (χ2n) is 10.3. The molecule has 3 fully saturated rings. The number of carbonyl (C=O) groups is 1. The van der Waals surface area contributed by atoms with Crippen molar-refractivity contribution in [3.05, 3.63) is 28.3 Å². The van der Waals surface area contributed by atoms with Gasteiger partial charge in [-0.2, -0.15) is 9.57 Å². The van der Waals surface area contributed by atoms with Gasteiger partial charge in [-0.15, -0.1) is 0 Å². The highest BCUT2D eigenvalue weighted by Crippen LogP contribution is 2.33. The molecule has 11 heteroatoms. The summed E-state index contributed by atoms with van der Waals surface area (Å²) in [5.74, 6) is 0.184. The van der Waals surface area contributed by atoms with Crippen LogP contribution in [0.3, 0.4) is 0 Å². The number of sulfonamides is 1. The van der Waals surface area contributed by atoms with E-state index in [0.29, 0.717) is 30.2 Å². The molecule has 2 amide bonds. The number of hydrogen-bond acceptors (Lipinski definition) is 6. The number of unbranched alkanes of at least 4 members (excludes halogenated alkanes) is 3. The van der Waals surface area contributed by atoms with Gasteiger partial charge in [-0.1, -0.05) is 24.4 Å². The maximum atomic E-state index is 13.1. The molecule has 0 aliphatic carbocycles. The molecule has 204 valence electrons. The van der Waals surface area contributed by atoms with Crippen molar-refractivity contribution in [2.24, 2.45) is 0 Å². The molecule has 9 nitrogen and oxygen atoms in total. The molecule has 0 unspecified atom stereocenters. The summed E-state index contributed by atoms with van der Waals surface area (Å²) >= 11 is 6.36. The van der Waals surface area contributed by atoms with Crippen molar-refractivity contribution in [1.82, 2.24) is 19.0 Å². The van der Waals surface area contributed by atoms with Gasteiger partial charge in [-0.05, 0) is 57.5 Å². The van der Waals surface area contributed by atoms with E-state index < -0.39 is 10.0 Å². The van der Waals surface area contributed by atoms with Crippen molar-refractivity contribution in [1.29, 1.82) is 5.26 Å². The Morgan fingerprint density at radius 3 is 2.27 bits per heavy atom. The van der Waals surface area contributed by atoms with Crippen LogP contribution >= 0.6 is 11.6 Å². The molecule has 4 rings (SSSR count). The van der Waals surface area contributed by atoms with E-state index >= 15 is 0 Å². The van der Waals surface area contributed by atoms with Gasteiger partial charge in [-0.25, -0.2) is 13.2 Å². The first-order valence-electron chi connectivity index (χ1n) is 13.4. The van der Waals surface area contributed by atoms with E-state index in [2.05, 4.69) is 15.9 Å². The summed E-state index contributed by atoms with van der Waals surface area (Å²) in [6.07, 6.45) is 4.66. The first-order chi connectivity index (χ1) is 17.7. The van der Waals surface area contributed by atoms with E-state index in [1.165, 1.54) is 12.8 Å². The fourth-order valence-corrected chi connectivity index (χ4v) is 6.95. The number of rotatable bonds is 10. The summed E-state index contributed by atoms with van der Waals surface area (Å²) in [5, 5.41) is 9.64. The normalized spacial score (nSPS) is 21.9. The van der Waals surface area contributed by atoms with Gasteiger partial charge >= 0.3 is 6.03 Å². The lowest BCUT2D eigenvalue weighted by molar-refractivity contribution is 0.119. The minimum Gasteiger partial charge on any atom is -0.317 e. The van der Waals surface area contributed by atoms with Crippen molar-refractivity contribution in [3.63, 3.8) is 0 Å². The quantitative estimate of drug-likeness (QED) is 0.416. The SMILES string of the molecule is CCS(=O)(=O)N1CCN(CCCCCCN2CCN3C(=O)N(c4ccc(C#N)c(Cl)c4C)C[C@@H]3C2)CC1. The van der Waals surface area contributed by atoms with E-state index in [9.17, 15) is 18.5 Å². The van der Waals surface area contributed by atoms with Crippen LogP contribution in [0.25, 0.3) is 0 Å². The van der Waals surface area contributed by atoms with Crippen LogP contribution in [0.5, 0.6) is 0 Å². The zero-order valence-electron chi connectivity index (χ0n) is 22.0. The van der Waals surface area contributed by atoms with Crippen LogP contribution in [0.2, 0.25) is 5.02 Å². The van der Waals surface area contributed by atoms with Crippen molar-refractivity contribution in [2.75, 3.05) is 76.1 Å². The van der Waals surface area contributed by atoms with Gasteiger partial charge in [-0.3, -0.25) is 9.80 Å². The molecule has 3 aliphatic heterocycles. The average Bonchev–Trinajstić information content (AvgIpc) is 3.23. The first-order valence-corrected chi connectivity index (χ1v) is 15.4. The van der Waals surface area contributed by atoms with Gasteiger partial charge in [0.2, 0.25) is 10.0 Å². The van der Waals surface area contributed by atoms with Crippen LogP contribution in [0.4, 0.5) is 10.5 Å². The molecule has 3 aliphatic rings. The Balaban J connectivity index is 1.15. The first kappa shape index (κ1) is 28.1. The topological polar surface area (TPSA) is 91.2 Å². The molecule has 0 N–H and O–H groups in total. The number of nitrogens with zero attached hydrogens (tertiary/aromatic N) is 6. The minimum absolute atomic E-state index is 0.0293. The van der Waals surface area contributed by atoms with Gasteiger partial charge < -0.3 is 9.80 Å². The monoisotopic (exact) mass is 550 g/mol. The lowest BCUT2D eigenvalue weighted by Crippen LogP contribution is -2.52. The molecule has 37 heavy (non-hydrogen) atoms. The maximum absolute atomic E-state index is 13.1. The van der Waals surface area contributed by atoms with E-state index in [-0.39, 0.29) is 17.8 Å². The van der Waals surface area contributed by atoms with Crippen molar-refractivity contribution < 1.29 is 13.2 Å². The number of halogens is 1. The number of hydrogen-bond donors (Lipinski definition) is 0. The van der Waals surface area contributed by atoms with Crippen LogP contribution in [-0.2, 0) is 10.0 Å². The number of carbonyl (C=O) groups excluding carboxylic acids is 1. The molecular weight excluding hydrogens is 512 g/mol. The van der Waals surface area contributed by atoms with Crippen LogP contribution < -0.4 is 4.90 Å². The van der Waals surface area contributed by atoms with Crippen LogP contribution in [0.1, 0.15) is 43.7 Å². The van der Waals surface area contributed by atoms with Gasteiger partial charge in [0.25, 0.3) is 0 Å². The lowest BCUT2D eigenvalue weighted by atomic mass is 10.1. The fraction of sp³-hybridized carbons (Fsp3) is 0.692. The molecule has 1 aromatic rings. The molecule has 3 saturated heterocycles. The van der Waals surface area contributed by atoms with Crippen LogP contribution in [-0.4, -0.2) is 111 Å². The Bertz CT molecular complexity index is 1120. The summed E-state index contributed by atoms with van der Waals surface area (Å²) in [5.41, 5.74) is 2.01. The Hall–Kier alpha value is -1.90. The molecule has 0 aromatic heterocycles. The third kappa shape index (κ3) is 6.40. The second-order valence-corrected chi connectivity index (χ2v) is 12.9. The van der Waals surface area contributed by atoms with Gasteiger partial charge in [0.05, 0.1) is 22.4 Å². The van der Waals surface area contributed by atoms with Crippen molar-refractivity contribution >= 4 is 33.3 Å². The zero-order valence-corrected chi connectivity index (χ0v) is 23.6. The third-order valence-electron chi connectivity index (χ3n) is 7.99. The van der Waals surface area contributed by atoms with Gasteiger partial charge in [0, 0.05) is 58.0 Å². The van der Waals surface area contributed by atoms with Gasteiger partial charge in [0.1, 0.15) is 6.07 Å². The maximum Gasteiger partial charge on any atom is 0.324 e. The number of piperazine rings is 2. The predicted octanol–water partition coefficient (Wildman–Crippen LogP) is 2.97. The van der Waals surface area contributed by atoms with Crippen LogP contribution in [0, 0.1) is 18.3 Å². The Kier molecular flexibility index (Phi) is 9.35. The fourth-order valence-electron chi connectivity index (χ4n) is 5.67. The number of benzene rings is 1. The second kappa shape index (κ2) is 12.3. The van der Waals surface area contributed by atoms with E-state index in [4.69, 9.17) is 11.6 Å². The van der Waals surface area contributed by atoms with Crippen molar-refractivity contribution in [3.8, 4) is 6.07 Å². The van der Waals surface area contributed by atoms with E-state index in [1.807, 2.05) is 22.8 Å². The summed E-state index contributed by atoms with van der Waals surface area (Å²) in [7, 11) is -3.06. The number of urea groups is 1. The number of anilines is 1. The largest absolute Gasteiger partial charge is 0.324 e. The molecular formula is C26H39ClN6O3S. The average molecular weight is 551 g/mol. The highest BCUT2D eigenvalue weighted by molar-refractivity contribution is 7.89. The molecule has 0 saturated carbocycles. The minimum atomic E-state index is -3.06. The Labute approximate surface area is 226 Å². The number of fused-ring (bicyclic) bond motifs is 1. The third-order valence-corrected chi connectivity index (χ3v) is 10.4. The van der Waals surface area contributed by atoms with Crippen LogP contribution in [0.15, 0.2) is 12.1 Å². The molecule has 1 aromatic carbocycles. The molecule has 0 spiro atoms. The number of nitriles is 1. The summed E-state index contributed by atoms with van der Waals surface area (Å²) < 4.78 is 25.6. The standard InChI is InChI=1S/C26H39ClN6O3S/c1-3-37(35,36)31-15-12-29(13-16-31)10-6-4-5-7-11-30-14-17-32-23(19-30)20-33(26(32)34)24-9-8-22(18-28)25(27)21(24)2/h8-9,23H,3-7,10-17,19-20H2,1-2H3/t23-/m0/s1. The lowest BCUT2D eigenvalue weighted by Gasteiger charge is -2.36. The Morgan fingerprint density at radius 2 is 1.62 bits per heavy atom. The van der Waals surface area contributed by atoms with E-state index in [0.717, 1.165) is 69.9 Å². The highest BCUT2D eigenvalue weighted by atomic mass is 35.5. The molecule has 3 heterocycles. The summed E-state index contributed by atoms with van der Waals surface area (Å²) in [6.45, 7) is 11.7. The number of amides is 2. The smallest absolute Gasteiger partial charge is 0.317 e. The van der Waals surface area contributed by atoms with Gasteiger partial charge in [0.15, 0.2) is 0 Å².